The van der Waals surface area contributed by atoms with E-state index in [-0.39, 0.29) is 11.3 Å². The Bertz CT molecular complexity index is 1030. The van der Waals surface area contributed by atoms with Gasteiger partial charge in [-0.15, -0.1) is 0 Å². The van der Waals surface area contributed by atoms with Crippen molar-refractivity contribution in [2.45, 2.75) is 26.8 Å². The van der Waals surface area contributed by atoms with E-state index < -0.39 is 17.7 Å². The molecule has 33 heavy (non-hydrogen) atoms. The maximum Gasteiger partial charge on any atom is 0.295 e. The van der Waals surface area contributed by atoms with Crippen molar-refractivity contribution in [3.8, 4) is 11.5 Å². The second-order valence-corrected chi connectivity index (χ2v) is 7.72. The normalized spacial score (nSPS) is 17.6. The van der Waals surface area contributed by atoms with E-state index in [0.717, 1.165) is 13.1 Å². The third kappa shape index (κ3) is 5.03. The molecule has 2 aromatic carbocycles. The lowest BCUT2D eigenvalue weighted by Gasteiger charge is -2.29. The predicted molar refractivity (Wildman–Crippen MR) is 127 cm³/mol. The van der Waals surface area contributed by atoms with Crippen LogP contribution in [0.15, 0.2) is 54.1 Å². The van der Waals surface area contributed by atoms with Crippen LogP contribution in [-0.2, 0) is 9.59 Å². The van der Waals surface area contributed by atoms with Crippen molar-refractivity contribution >= 4 is 17.4 Å². The number of carbonyl (C=O) groups is 2. The Kier molecular flexibility index (Phi) is 8.11. The molecule has 1 amide bonds. The number of hydrogen-bond acceptors (Lipinski definition) is 6. The Morgan fingerprint density at radius 1 is 1.06 bits per heavy atom. The summed E-state index contributed by atoms with van der Waals surface area (Å²) in [6, 6.07) is 13.4. The fraction of sp³-hybridized carbons (Fsp3) is 0.385. The molecule has 1 unspecified atom stereocenters. The molecule has 1 heterocycles. The SMILES string of the molecule is CCOc1cccc(/C(O)=C2\C(=O)C(=O)N(CCN(CC)CC)C2c2ccccc2OC)c1. The lowest BCUT2D eigenvalue weighted by atomic mass is 9.94. The highest BCUT2D eigenvalue weighted by Gasteiger charge is 2.46. The first kappa shape index (κ1) is 24.3. The molecule has 0 aliphatic carbocycles. The maximum absolute atomic E-state index is 13.2. The highest BCUT2D eigenvalue weighted by atomic mass is 16.5. The van der Waals surface area contributed by atoms with E-state index in [1.54, 1.807) is 37.4 Å². The molecular weight excluding hydrogens is 420 g/mol. The van der Waals surface area contributed by atoms with Crippen LogP contribution in [0.4, 0.5) is 0 Å². The number of ketones is 1. The van der Waals surface area contributed by atoms with Crippen molar-refractivity contribution in [2.75, 3.05) is 39.9 Å². The number of nitrogens with zero attached hydrogens (tertiary/aromatic N) is 2. The van der Waals surface area contributed by atoms with E-state index >= 15 is 0 Å². The van der Waals surface area contributed by atoms with Crippen molar-refractivity contribution in [2.24, 2.45) is 0 Å². The molecule has 1 saturated heterocycles. The molecule has 0 radical (unpaired) electrons. The average Bonchev–Trinajstić information content (AvgIpc) is 3.09. The Labute approximate surface area is 195 Å². The van der Waals surface area contributed by atoms with Crippen LogP contribution in [0.1, 0.15) is 37.9 Å². The Morgan fingerprint density at radius 2 is 1.79 bits per heavy atom. The van der Waals surface area contributed by atoms with E-state index in [1.807, 2.05) is 25.1 Å². The number of carbonyl (C=O) groups excluding carboxylic acids is 2. The summed E-state index contributed by atoms with van der Waals surface area (Å²) in [5.41, 5.74) is 1.13. The molecule has 1 aliphatic heterocycles. The molecule has 1 aliphatic rings. The number of benzene rings is 2. The summed E-state index contributed by atoms with van der Waals surface area (Å²) in [7, 11) is 1.55. The molecule has 3 rings (SSSR count). The average molecular weight is 453 g/mol. The number of rotatable bonds is 10. The summed E-state index contributed by atoms with van der Waals surface area (Å²) < 4.78 is 11.1. The fourth-order valence-corrected chi connectivity index (χ4v) is 4.17. The summed E-state index contributed by atoms with van der Waals surface area (Å²) in [6.07, 6.45) is 0. The number of aliphatic hydroxyl groups excluding tert-OH is 1. The zero-order chi connectivity index (χ0) is 24.0. The summed E-state index contributed by atoms with van der Waals surface area (Å²) in [6.45, 7) is 9.10. The molecule has 1 atom stereocenters. The van der Waals surface area contributed by atoms with Gasteiger partial charge in [-0.2, -0.15) is 0 Å². The molecular formula is C26H32N2O5. The van der Waals surface area contributed by atoms with E-state index in [0.29, 0.717) is 42.3 Å². The number of ether oxygens (including phenoxy) is 2. The van der Waals surface area contributed by atoms with Crippen molar-refractivity contribution in [1.82, 2.24) is 9.80 Å². The molecule has 176 valence electrons. The predicted octanol–water partition coefficient (Wildman–Crippen LogP) is 3.86. The largest absolute Gasteiger partial charge is 0.507 e. The van der Waals surface area contributed by atoms with E-state index in [9.17, 15) is 14.7 Å². The number of likely N-dealkylation sites (N-methyl/N-ethyl adjacent to an activating group) is 1. The fourth-order valence-electron chi connectivity index (χ4n) is 4.17. The monoisotopic (exact) mass is 452 g/mol. The minimum absolute atomic E-state index is 0.0534. The van der Waals surface area contributed by atoms with E-state index in [1.165, 1.54) is 4.90 Å². The number of likely N-dealkylation sites (tertiary alicyclic amines) is 1. The summed E-state index contributed by atoms with van der Waals surface area (Å²) in [5.74, 6) is -0.432. The van der Waals surface area contributed by atoms with Gasteiger partial charge in [0.1, 0.15) is 17.3 Å². The third-order valence-corrected chi connectivity index (χ3v) is 5.94. The highest BCUT2D eigenvalue weighted by Crippen LogP contribution is 2.42. The molecule has 1 N–H and O–H groups in total. The van der Waals surface area contributed by atoms with Crippen molar-refractivity contribution in [1.29, 1.82) is 0 Å². The number of hydrogen-bond donors (Lipinski definition) is 1. The van der Waals surface area contributed by atoms with Gasteiger partial charge in [0.15, 0.2) is 0 Å². The second kappa shape index (κ2) is 11.0. The number of methoxy groups -OCH3 is 1. The Balaban J connectivity index is 2.14. The minimum Gasteiger partial charge on any atom is -0.507 e. The minimum atomic E-state index is -0.757. The van der Waals surface area contributed by atoms with Gasteiger partial charge >= 0.3 is 0 Å². The molecule has 0 aromatic heterocycles. The number of aliphatic hydroxyl groups is 1. The topological polar surface area (TPSA) is 79.3 Å². The van der Waals surface area contributed by atoms with Gasteiger partial charge in [-0.1, -0.05) is 44.2 Å². The van der Waals surface area contributed by atoms with Gasteiger partial charge in [0, 0.05) is 24.2 Å². The molecule has 0 spiro atoms. The summed E-state index contributed by atoms with van der Waals surface area (Å²) in [4.78, 5) is 30.1. The van der Waals surface area contributed by atoms with Gasteiger partial charge < -0.3 is 24.4 Å². The van der Waals surface area contributed by atoms with Crippen molar-refractivity contribution in [3.05, 3.63) is 65.2 Å². The van der Waals surface area contributed by atoms with Gasteiger partial charge in [-0.05, 0) is 38.2 Å². The number of Topliss-reactive ketones (excluding diaryl/α,β-unsaturated/α-hetero) is 1. The van der Waals surface area contributed by atoms with Crippen LogP contribution < -0.4 is 9.47 Å². The molecule has 7 heteroatoms. The van der Waals surface area contributed by atoms with Gasteiger partial charge in [0.25, 0.3) is 11.7 Å². The first-order valence-corrected chi connectivity index (χ1v) is 11.3. The molecule has 2 aromatic rings. The highest BCUT2D eigenvalue weighted by molar-refractivity contribution is 6.46. The van der Waals surface area contributed by atoms with E-state index in [2.05, 4.69) is 18.7 Å². The number of para-hydroxylation sites is 1. The maximum atomic E-state index is 13.2. The smallest absolute Gasteiger partial charge is 0.295 e. The van der Waals surface area contributed by atoms with Gasteiger partial charge in [-0.3, -0.25) is 9.59 Å². The quantitative estimate of drug-likeness (QED) is 0.335. The van der Waals surface area contributed by atoms with Crippen LogP contribution in [0.2, 0.25) is 0 Å². The van der Waals surface area contributed by atoms with Crippen LogP contribution >= 0.6 is 0 Å². The Morgan fingerprint density at radius 3 is 2.45 bits per heavy atom. The van der Waals surface area contributed by atoms with Crippen LogP contribution in [0.3, 0.4) is 0 Å². The standard InChI is InChI=1S/C26H32N2O5/c1-5-27(6-2)15-16-28-23(20-13-8-9-14-21(20)32-4)22(25(30)26(28)31)24(29)18-11-10-12-19(17-18)33-7-3/h8-14,17,23,29H,5-7,15-16H2,1-4H3/b24-22+. The number of amides is 1. The first-order valence-electron chi connectivity index (χ1n) is 11.3. The lowest BCUT2D eigenvalue weighted by molar-refractivity contribution is -0.140. The lowest BCUT2D eigenvalue weighted by Crippen LogP contribution is -2.38. The zero-order valence-electron chi connectivity index (χ0n) is 19.7. The van der Waals surface area contributed by atoms with E-state index in [4.69, 9.17) is 9.47 Å². The Hall–Kier alpha value is -3.32. The van der Waals surface area contributed by atoms with Crippen LogP contribution in [-0.4, -0.2) is 66.5 Å². The van der Waals surface area contributed by atoms with Gasteiger partial charge in [-0.25, -0.2) is 0 Å². The first-order chi connectivity index (χ1) is 16.0. The van der Waals surface area contributed by atoms with Crippen LogP contribution in [0.25, 0.3) is 5.76 Å². The van der Waals surface area contributed by atoms with Crippen LogP contribution in [0, 0.1) is 0 Å². The summed E-state index contributed by atoms with van der Waals surface area (Å²) >= 11 is 0. The van der Waals surface area contributed by atoms with Gasteiger partial charge in [0.2, 0.25) is 0 Å². The molecule has 0 saturated carbocycles. The second-order valence-electron chi connectivity index (χ2n) is 7.72. The third-order valence-electron chi connectivity index (χ3n) is 5.94. The molecule has 0 bridgehead atoms. The summed E-state index contributed by atoms with van der Waals surface area (Å²) in [5, 5.41) is 11.3. The van der Waals surface area contributed by atoms with Crippen LogP contribution in [0.5, 0.6) is 11.5 Å². The molecule has 1 fully saturated rings. The van der Waals surface area contributed by atoms with Gasteiger partial charge in [0.05, 0.1) is 25.3 Å². The molecule has 7 nitrogen and oxygen atoms in total. The zero-order valence-corrected chi connectivity index (χ0v) is 19.7. The van der Waals surface area contributed by atoms with Crippen molar-refractivity contribution < 1.29 is 24.2 Å². The van der Waals surface area contributed by atoms with Crippen molar-refractivity contribution in [3.63, 3.8) is 0 Å².